The zero-order valence-corrected chi connectivity index (χ0v) is 45.2. The third-order valence-electron chi connectivity index (χ3n) is 13.9. The van der Waals surface area contributed by atoms with E-state index in [1.54, 1.807) is 24.8 Å². The summed E-state index contributed by atoms with van der Waals surface area (Å²) in [5, 5.41) is 17.6. The van der Waals surface area contributed by atoms with Crippen molar-refractivity contribution in [2.75, 3.05) is 54.9 Å². The second-order valence-corrected chi connectivity index (χ2v) is 20.2. The molecular weight excluding hydrogens is 1010 g/mol. The second-order valence-electron chi connectivity index (χ2n) is 20.2. The highest BCUT2D eigenvalue weighted by atomic mass is 19.1. The van der Waals surface area contributed by atoms with Crippen molar-refractivity contribution in [3.05, 3.63) is 143 Å². The first-order valence-corrected chi connectivity index (χ1v) is 26.3. The fourth-order valence-corrected chi connectivity index (χ4v) is 9.60. The summed E-state index contributed by atoms with van der Waals surface area (Å²) in [6.07, 6.45) is 4.81. The molecule has 3 N–H and O–H groups in total. The van der Waals surface area contributed by atoms with E-state index >= 15 is 8.78 Å². The minimum atomic E-state index is -0.966. The monoisotopic (exact) mass is 1080 g/mol. The summed E-state index contributed by atoms with van der Waals surface area (Å²) in [5.41, 5.74) is 4.37. The summed E-state index contributed by atoms with van der Waals surface area (Å²) in [6, 6.07) is 19.9. The first-order chi connectivity index (χ1) is 38.0. The molecule has 0 amide bonds. The number of carbonyl (C=O) groups excluding carboxylic acids is 2. The number of rotatable bonds is 20. The molecule has 1 fully saturated rings. The van der Waals surface area contributed by atoms with Gasteiger partial charge in [0.1, 0.15) is 36.3 Å². The van der Waals surface area contributed by atoms with Crippen molar-refractivity contribution in [3.63, 3.8) is 0 Å². The quantitative estimate of drug-likeness (QED) is 0.0477. The van der Waals surface area contributed by atoms with E-state index in [2.05, 4.69) is 47.0 Å². The molecule has 0 bridgehead atoms. The molecule has 8 aromatic rings. The SMILES string of the molecule is C=C(COC(=O)OC[C@@H](CC)Nc1nc(NCc2ccc(-c3ccccn3)cc2)c2ncn(C(C)C)c2n1)C(=O)CCN1CCN(c2nc(=O)n(-c3c(C)ccnc3C(C)C)c3nc(-c4c(O)cccc4F)c(F)cc23)[C@@H](C)C1. The number of hydrogen-bond donors (Lipinski definition) is 3. The second kappa shape index (κ2) is 23.9. The number of carbonyl (C=O) groups is 2. The minimum absolute atomic E-state index is 0.0103. The van der Waals surface area contributed by atoms with Gasteiger partial charge in [0.15, 0.2) is 34.2 Å². The standard InChI is InChI=1S/C58H63F2N13O6/c1-9-40(65-56-67-52(50-55(68-56)72(32-64-50)34(4)5)63-28-38-16-18-39(19-17-38)44-14-10-11-22-61-44)31-79-58(77)78-30-36(7)45(74)21-24-70-25-26-71(37(8)29-70)53-41-27-43(60)49(47-42(59)13-12-15-46(47)75)66-54(41)73(57(76)69-53)51-35(6)20-23-62-48(51)33(2)3/h10-20,22-23,27,32-34,37,40,75H,7,9,21,24-26,28-31H2,1-6,8H3,(H2,63,65,67,68)/t37-,40+/m0/s1. The molecule has 0 aliphatic carbocycles. The van der Waals surface area contributed by atoms with Crippen LogP contribution in [0.1, 0.15) is 83.2 Å². The summed E-state index contributed by atoms with van der Waals surface area (Å²) in [7, 11) is 0. The fraction of sp³-hybridized carbons (Fsp3) is 0.345. The molecule has 9 rings (SSSR count). The van der Waals surface area contributed by atoms with E-state index in [0.717, 1.165) is 22.9 Å². The molecule has 2 aromatic carbocycles. The molecule has 0 unspecified atom stereocenters. The van der Waals surface area contributed by atoms with Crippen LogP contribution in [-0.4, -0.2) is 117 Å². The maximum atomic E-state index is 16.3. The maximum Gasteiger partial charge on any atom is 0.508 e. The molecule has 7 heterocycles. The third kappa shape index (κ3) is 12.1. The number of piperazine rings is 1. The lowest BCUT2D eigenvalue weighted by atomic mass is 10.0. The van der Waals surface area contributed by atoms with Gasteiger partial charge in [0.05, 0.1) is 40.4 Å². The highest BCUT2D eigenvalue weighted by Gasteiger charge is 2.31. The van der Waals surface area contributed by atoms with Crippen LogP contribution in [0.25, 0.3) is 50.4 Å². The largest absolute Gasteiger partial charge is 0.508 e. The van der Waals surface area contributed by atoms with Gasteiger partial charge in [-0.25, -0.2) is 32.9 Å². The number of aryl methyl sites for hydroxylation is 1. The summed E-state index contributed by atoms with van der Waals surface area (Å²) in [6.45, 7) is 19.1. The van der Waals surface area contributed by atoms with Gasteiger partial charge in [0.2, 0.25) is 5.95 Å². The Bertz CT molecular complexity index is 3590. The normalized spacial score (nSPS) is 14.3. The lowest BCUT2D eigenvalue weighted by Crippen LogP contribution is -2.53. The number of phenols is 1. The number of nitrogens with zero attached hydrogens (tertiary/aromatic N) is 11. The number of phenolic OH excluding ortho intramolecular Hbond substituents is 1. The van der Waals surface area contributed by atoms with E-state index in [-0.39, 0.29) is 65.8 Å². The molecular formula is C58H63F2N13O6. The molecule has 79 heavy (non-hydrogen) atoms. The number of benzene rings is 2. The Balaban J connectivity index is 0.802. The molecule has 19 nitrogen and oxygen atoms in total. The van der Waals surface area contributed by atoms with E-state index in [9.17, 15) is 19.5 Å². The van der Waals surface area contributed by atoms with Crippen molar-refractivity contribution in [1.82, 2.24) is 48.9 Å². The van der Waals surface area contributed by atoms with Gasteiger partial charge in [-0.2, -0.15) is 15.0 Å². The number of ketones is 1. The van der Waals surface area contributed by atoms with Gasteiger partial charge in [-0.05, 0) is 87.6 Å². The Labute approximate surface area is 455 Å². The van der Waals surface area contributed by atoms with Gasteiger partial charge in [-0.1, -0.05) is 63.7 Å². The van der Waals surface area contributed by atoms with Crippen molar-refractivity contribution in [1.29, 1.82) is 0 Å². The number of nitrogens with one attached hydrogen (secondary N) is 2. The topological polar surface area (TPSA) is 221 Å². The van der Waals surface area contributed by atoms with Crippen LogP contribution in [0, 0.1) is 18.6 Å². The van der Waals surface area contributed by atoms with E-state index in [1.165, 1.54) is 22.8 Å². The molecule has 0 spiro atoms. The van der Waals surface area contributed by atoms with Gasteiger partial charge in [-0.15, -0.1) is 0 Å². The number of hydrogen-bond acceptors (Lipinski definition) is 17. The van der Waals surface area contributed by atoms with E-state index < -0.39 is 46.5 Å². The highest BCUT2D eigenvalue weighted by molar-refractivity contribution is 5.95. The van der Waals surface area contributed by atoms with Gasteiger partial charge in [-0.3, -0.25) is 19.7 Å². The molecule has 0 radical (unpaired) electrons. The van der Waals surface area contributed by atoms with Crippen LogP contribution < -0.4 is 21.2 Å². The molecule has 21 heteroatoms. The van der Waals surface area contributed by atoms with E-state index in [1.807, 2.05) is 100 Å². The number of fused-ring (bicyclic) bond motifs is 2. The zero-order valence-electron chi connectivity index (χ0n) is 45.2. The number of pyridine rings is 3. The lowest BCUT2D eigenvalue weighted by molar-refractivity contribution is -0.116. The van der Waals surface area contributed by atoms with Crippen molar-refractivity contribution in [2.45, 2.75) is 91.9 Å². The summed E-state index contributed by atoms with van der Waals surface area (Å²) in [5.74, 6) is -1.72. The van der Waals surface area contributed by atoms with E-state index in [4.69, 9.17) is 19.4 Å². The summed E-state index contributed by atoms with van der Waals surface area (Å²) in [4.78, 5) is 76.8. The van der Waals surface area contributed by atoms with Gasteiger partial charge in [0.25, 0.3) is 0 Å². The van der Waals surface area contributed by atoms with Crippen LogP contribution >= 0.6 is 0 Å². The molecule has 6 aromatic heterocycles. The molecule has 1 aliphatic heterocycles. The fourth-order valence-electron chi connectivity index (χ4n) is 9.60. The third-order valence-corrected chi connectivity index (χ3v) is 13.9. The lowest BCUT2D eigenvalue weighted by Gasteiger charge is -2.41. The highest BCUT2D eigenvalue weighted by Crippen LogP contribution is 2.37. The van der Waals surface area contributed by atoms with Crippen molar-refractivity contribution in [2.24, 2.45) is 0 Å². The molecule has 410 valence electrons. The molecule has 1 aliphatic rings. The number of anilines is 3. The molecule has 1 saturated heterocycles. The Morgan fingerprint density at radius 1 is 0.899 bits per heavy atom. The number of halogens is 2. The Kier molecular flexibility index (Phi) is 16.6. The average Bonchev–Trinajstić information content (AvgIpc) is 4.01. The maximum absolute atomic E-state index is 16.3. The number of ether oxygens (including phenoxy) is 2. The Morgan fingerprint density at radius 3 is 2.41 bits per heavy atom. The predicted octanol–water partition coefficient (Wildman–Crippen LogP) is 9.72. The number of Topliss-reactive ketones (excluding diaryl/α,β-unsaturated/α-hetero) is 1. The van der Waals surface area contributed by atoms with Gasteiger partial charge >= 0.3 is 11.8 Å². The van der Waals surface area contributed by atoms with Crippen molar-refractivity contribution >= 4 is 51.7 Å². The van der Waals surface area contributed by atoms with E-state index in [0.29, 0.717) is 79.0 Å². The van der Waals surface area contributed by atoms with Gasteiger partial charge in [0, 0.05) is 74.8 Å². The first kappa shape index (κ1) is 55.0. The first-order valence-electron chi connectivity index (χ1n) is 26.3. The number of aromatic hydroxyl groups is 1. The van der Waals surface area contributed by atoms with Gasteiger partial charge < -0.3 is 34.7 Å². The molecule has 2 atom stereocenters. The number of imidazole rings is 1. The average molecular weight is 1080 g/mol. The van der Waals surface area contributed by atoms with Crippen molar-refractivity contribution < 1.29 is 33.0 Å². The molecule has 0 saturated carbocycles. The summed E-state index contributed by atoms with van der Waals surface area (Å²) >= 11 is 0. The zero-order chi connectivity index (χ0) is 56.1. The van der Waals surface area contributed by atoms with Crippen LogP contribution in [0.15, 0.2) is 108 Å². The Hall–Kier alpha value is -8.72. The Morgan fingerprint density at radius 2 is 1.70 bits per heavy atom. The van der Waals surface area contributed by atoms with Crippen LogP contribution in [0.4, 0.5) is 31.2 Å². The van der Waals surface area contributed by atoms with Crippen LogP contribution in [0.2, 0.25) is 0 Å². The van der Waals surface area contributed by atoms with Crippen LogP contribution in [0.3, 0.4) is 0 Å². The smallest absolute Gasteiger partial charge is 0.507 e. The van der Waals surface area contributed by atoms with Crippen LogP contribution in [-0.2, 0) is 20.8 Å². The summed E-state index contributed by atoms with van der Waals surface area (Å²) < 4.78 is 45.6. The van der Waals surface area contributed by atoms with Crippen molar-refractivity contribution in [3.8, 4) is 34.0 Å². The predicted molar refractivity (Wildman–Crippen MR) is 298 cm³/mol. The van der Waals surface area contributed by atoms with Crippen LogP contribution in [0.5, 0.6) is 5.75 Å². The number of aromatic nitrogens is 9. The minimum Gasteiger partial charge on any atom is -0.507 e.